The highest BCUT2D eigenvalue weighted by Crippen LogP contribution is 2.40. The molecule has 576 valence electrons. The molecule has 0 aromatic heterocycles. The molecular formula is C60H93N3O37S. The van der Waals surface area contributed by atoms with Gasteiger partial charge in [0.25, 0.3) is 0 Å². The zero-order valence-electron chi connectivity index (χ0n) is 54.7. The number of carbonyl (C=O) groups is 1. The van der Waals surface area contributed by atoms with Crippen molar-refractivity contribution in [3.05, 3.63) is 36.4 Å². The molecule has 21 fully saturated rings. The first-order valence-electron chi connectivity index (χ1n) is 32.8. The summed E-state index contributed by atoms with van der Waals surface area (Å²) in [4.78, 5) is 16.1. The van der Waals surface area contributed by atoms with Gasteiger partial charge in [0.05, 0.1) is 44.5 Å². The van der Waals surface area contributed by atoms with Gasteiger partial charge in [-0.1, -0.05) is 38.1 Å². The Hall–Kier alpha value is -3.48. The molecule has 41 heteroatoms. The number of nitrogens with zero attached hydrogens (tertiary/aromatic N) is 1. The first kappa shape index (κ1) is 80.1. The molecule has 21 heterocycles. The number of sulfonamides is 1. The van der Waals surface area contributed by atoms with E-state index in [1.54, 1.807) is 57.1 Å². The fraction of sp³-hybridized carbons (Fsp3) is 0.817. The number of aliphatic hydroxyl groups is 20. The lowest BCUT2D eigenvalue weighted by atomic mass is 9.95. The van der Waals surface area contributed by atoms with Crippen LogP contribution >= 0.6 is 0 Å². The maximum atomic E-state index is 14.5. The third kappa shape index (κ3) is 16.5. The van der Waals surface area contributed by atoms with Crippen LogP contribution in [0.1, 0.15) is 20.3 Å². The molecule has 2 aromatic carbocycles. The Balaban J connectivity index is 0.957. The summed E-state index contributed by atoms with van der Waals surface area (Å²) in [5, 5.41) is 230. The van der Waals surface area contributed by atoms with E-state index in [-0.39, 0.29) is 17.2 Å². The van der Waals surface area contributed by atoms with Gasteiger partial charge in [0, 0.05) is 37.1 Å². The number of fused-ring (bicyclic) bond motifs is 1. The van der Waals surface area contributed by atoms with Crippen molar-refractivity contribution in [2.24, 2.45) is 5.92 Å². The Bertz CT molecular complexity index is 3100. The van der Waals surface area contributed by atoms with Crippen LogP contribution in [0.4, 0.5) is 5.69 Å². The Labute approximate surface area is 576 Å². The van der Waals surface area contributed by atoms with E-state index in [9.17, 15) is 115 Å². The first-order valence-corrected chi connectivity index (χ1v) is 34.2. The SMILES string of the molecule is CC(C)C[C@H](NS(=O)(=O)c1cccc2c(N(C)C)cccc12)C(=O)NC[C@H]1O[C@@H]2O[C@H]3[C@H](O)[C@@H](O)[C@@H](O[C@H]4[C@H](O)[C@@H](O)[C@@H](O[C@H]5[C@H](O)[C@@H](O)[C@@H](O[C@H]6[C@H](O)[C@@H](O)[C@@H](O[C@H]7[C@H](O)[C@@H](O)[C@@H](O[C@H]8[C@H](O)[C@@H](O)[C@@H](O[C@H]1[C@H](O)[C@H]2O)O[C@@H]8CO)O[C@@H]7CO)O[C@@H]6CO)O[C@@H]5CO)O[C@@H]4CO)O[C@@H]3CO. The van der Waals surface area contributed by atoms with Gasteiger partial charge in [0.2, 0.25) is 15.9 Å². The molecule has 2 aromatic rings. The average Bonchev–Trinajstić information content (AvgIpc) is 0.794. The zero-order valence-corrected chi connectivity index (χ0v) is 55.5. The minimum atomic E-state index is -4.56. The van der Waals surface area contributed by atoms with E-state index in [2.05, 4.69) is 10.0 Å². The summed E-state index contributed by atoms with van der Waals surface area (Å²) < 4.78 is 113. The maximum Gasteiger partial charge on any atom is 0.241 e. The lowest BCUT2D eigenvalue weighted by molar-refractivity contribution is -0.396. The minimum absolute atomic E-state index is 0.135. The molecular weight excluding hydrogens is 1390 g/mol. The normalized spacial score (nSPS) is 45.5. The highest BCUT2D eigenvalue weighted by Gasteiger charge is 2.60. The summed E-state index contributed by atoms with van der Waals surface area (Å²) in [6.45, 7) is -4.06. The summed E-state index contributed by atoms with van der Waals surface area (Å²) in [6, 6.07) is 8.04. The largest absolute Gasteiger partial charge is 0.394 e. The van der Waals surface area contributed by atoms with E-state index >= 15 is 0 Å². The van der Waals surface area contributed by atoms with Crippen LogP contribution in [-0.2, 0) is 81.1 Å². The number of ether oxygens (including phenoxy) is 14. The third-order valence-corrected chi connectivity index (χ3v) is 20.6. The van der Waals surface area contributed by atoms with Gasteiger partial charge in [-0.05, 0) is 24.5 Å². The topological polar surface area (TPSA) is 612 Å². The molecule has 23 rings (SSSR count). The summed E-state index contributed by atoms with van der Waals surface area (Å²) >= 11 is 0. The Kier molecular flexibility index (Phi) is 26.8. The van der Waals surface area contributed by atoms with E-state index in [4.69, 9.17) is 66.3 Å². The van der Waals surface area contributed by atoms with Crippen molar-refractivity contribution in [3.8, 4) is 0 Å². The number of amides is 1. The molecule has 40 nitrogen and oxygen atoms in total. The minimum Gasteiger partial charge on any atom is -0.394 e. The molecule has 0 spiro atoms. The van der Waals surface area contributed by atoms with Crippen LogP contribution in [0.2, 0.25) is 0 Å². The van der Waals surface area contributed by atoms with Gasteiger partial charge in [-0.3, -0.25) is 4.79 Å². The second-order valence-corrected chi connectivity index (χ2v) is 28.2. The van der Waals surface area contributed by atoms with Gasteiger partial charge in [-0.25, -0.2) is 8.42 Å². The van der Waals surface area contributed by atoms with E-state index < -0.39 is 283 Å². The van der Waals surface area contributed by atoms with Gasteiger partial charge in [-0.15, -0.1) is 0 Å². The van der Waals surface area contributed by atoms with E-state index in [0.717, 1.165) is 0 Å². The van der Waals surface area contributed by atoms with E-state index in [0.29, 0.717) is 16.5 Å². The molecule has 0 aliphatic carbocycles. The number of nitrogens with one attached hydrogen (secondary N) is 2. The molecule has 21 aliphatic heterocycles. The number of carbonyl (C=O) groups excluding carboxylic acids is 1. The Morgan fingerprint density at radius 1 is 0.386 bits per heavy atom. The summed E-state index contributed by atoms with van der Waals surface area (Å²) in [5.41, 5.74) is 0.682. The Morgan fingerprint density at radius 3 is 0.911 bits per heavy atom. The lowest BCUT2D eigenvalue weighted by Gasteiger charge is -2.50. The van der Waals surface area contributed by atoms with Crippen LogP contribution in [0.15, 0.2) is 41.3 Å². The second-order valence-electron chi connectivity index (χ2n) is 26.5. The maximum absolute atomic E-state index is 14.5. The second kappa shape index (κ2) is 33.8. The number of anilines is 1. The molecule has 0 saturated carbocycles. The van der Waals surface area contributed by atoms with Crippen LogP contribution in [0, 0.1) is 5.92 Å². The molecule has 22 N–H and O–H groups in total. The van der Waals surface area contributed by atoms with Gasteiger partial charge < -0.3 is 179 Å². The molecule has 1 amide bonds. The quantitative estimate of drug-likeness (QED) is 0.0787. The first-order chi connectivity index (χ1) is 47.9. The number of benzene rings is 2. The number of rotatable bonds is 15. The summed E-state index contributed by atoms with van der Waals surface area (Å²) in [7, 11) is -1.03. The van der Waals surface area contributed by atoms with Crippen molar-refractivity contribution in [1.82, 2.24) is 10.0 Å². The number of hydrogen-bond donors (Lipinski definition) is 22. The summed E-state index contributed by atoms with van der Waals surface area (Å²) in [6.07, 6.45) is -73.5. The van der Waals surface area contributed by atoms with Crippen LogP contribution < -0.4 is 14.9 Å². The standard InChI is InChI=1S/C60H93N3O37S/c1-19(2)11-22(62-101(85,86)31-10-6-7-20-21(31)8-5-9-23(20)63(3)4)53(84)61-12-24-46-32(70)39(77)54(87-24)95-47-25(13-64)89-56(41(79)34(47)72)97-49-27(15-66)91-58(43(81)36(49)74)99-51-29(17-68)93-60(45(83)38(51)76)100-52-30(18-69)92-59(44(82)37(52)75)98-50-28(16-67)90-57(42(80)35(50)73)96-48-26(14-65)88-55(94-46)40(78)33(48)71/h5-10,19,22,24-30,32-52,54-60,62,64-83H,11-18H2,1-4H3,(H,61,84)/t22-,24+,25+,26+,27+,28+,29+,30+,32+,33+,34+,35+,36+,37+,38+,39+,40+,41+,42+,43+,44+,45+,46+,47+,48+,49+,50+,51+,52+,54+,55+,56+,57+,58+,59+,60+/m0/s1. The van der Waals surface area contributed by atoms with E-state index in [1.165, 1.54) is 12.1 Å². The van der Waals surface area contributed by atoms with Gasteiger partial charge >= 0.3 is 0 Å². The molecule has 101 heavy (non-hydrogen) atoms. The van der Waals surface area contributed by atoms with Crippen LogP contribution in [0.5, 0.6) is 0 Å². The van der Waals surface area contributed by atoms with Crippen molar-refractivity contribution in [2.75, 3.05) is 65.2 Å². The average molecular weight is 1480 g/mol. The predicted molar refractivity (Wildman–Crippen MR) is 326 cm³/mol. The van der Waals surface area contributed by atoms with Gasteiger partial charge in [0.15, 0.2) is 44.0 Å². The summed E-state index contributed by atoms with van der Waals surface area (Å²) in [5.74, 6) is -1.38. The van der Waals surface area contributed by atoms with Gasteiger partial charge in [-0.2, -0.15) is 4.72 Å². The van der Waals surface area contributed by atoms with Gasteiger partial charge in [0.1, 0.15) is 177 Å². The fourth-order valence-electron chi connectivity index (χ4n) is 13.6. The predicted octanol–water partition coefficient (Wildman–Crippen LogP) is -12.5. The van der Waals surface area contributed by atoms with Crippen molar-refractivity contribution in [1.29, 1.82) is 0 Å². The Morgan fingerprint density at radius 2 is 0.644 bits per heavy atom. The van der Waals surface area contributed by atoms with Crippen molar-refractivity contribution >= 4 is 32.4 Å². The number of aliphatic hydroxyl groups excluding tert-OH is 20. The van der Waals surface area contributed by atoms with Crippen molar-refractivity contribution in [2.45, 2.75) is 246 Å². The molecule has 14 bridgehead atoms. The molecule has 0 unspecified atom stereocenters. The number of hydrogen-bond acceptors (Lipinski definition) is 38. The van der Waals surface area contributed by atoms with E-state index in [1.807, 2.05) is 0 Å². The monoisotopic (exact) mass is 1480 g/mol. The fourth-order valence-corrected chi connectivity index (χ4v) is 15.0. The van der Waals surface area contributed by atoms with Crippen LogP contribution in [0.3, 0.4) is 0 Å². The molecule has 21 saturated heterocycles. The molecule has 36 atom stereocenters. The molecule has 21 aliphatic rings. The van der Waals surface area contributed by atoms with Crippen LogP contribution in [0.25, 0.3) is 10.8 Å². The highest BCUT2D eigenvalue weighted by atomic mass is 32.2. The van der Waals surface area contributed by atoms with Crippen LogP contribution in [-0.4, -0.2) is 398 Å². The third-order valence-electron chi connectivity index (χ3n) is 19.0. The lowest BCUT2D eigenvalue weighted by Crippen LogP contribution is -2.68. The highest BCUT2D eigenvalue weighted by molar-refractivity contribution is 7.89. The molecule has 0 radical (unpaired) electrons. The smallest absolute Gasteiger partial charge is 0.241 e. The van der Waals surface area contributed by atoms with Crippen molar-refractivity contribution < 1.29 is 182 Å². The zero-order chi connectivity index (χ0) is 73.5. The van der Waals surface area contributed by atoms with Crippen molar-refractivity contribution in [3.63, 3.8) is 0 Å².